The smallest absolute Gasteiger partial charge is 0.326 e. The summed E-state index contributed by atoms with van der Waals surface area (Å²) in [6.45, 7) is 4.94. The van der Waals surface area contributed by atoms with Crippen LogP contribution in [0.1, 0.15) is 18.5 Å². The summed E-state index contributed by atoms with van der Waals surface area (Å²) >= 11 is 11.9. The molecule has 1 aliphatic heterocycles. The number of rotatable bonds is 5. The largest absolute Gasteiger partial charge is 0.370 e. The van der Waals surface area contributed by atoms with E-state index in [9.17, 15) is 4.79 Å². The van der Waals surface area contributed by atoms with Gasteiger partial charge in [-0.25, -0.2) is 9.78 Å². The van der Waals surface area contributed by atoms with Gasteiger partial charge in [0.25, 0.3) is 0 Å². The maximum atomic E-state index is 12.2. The van der Waals surface area contributed by atoms with Crippen LogP contribution >= 0.6 is 23.2 Å². The van der Waals surface area contributed by atoms with E-state index in [1.54, 1.807) is 18.2 Å². The maximum Gasteiger partial charge on any atom is 0.326 e. The van der Waals surface area contributed by atoms with E-state index in [-0.39, 0.29) is 5.95 Å². The molecule has 2 aromatic rings. The molecule has 150 valence electrons. The molecule has 1 aromatic carbocycles. The molecule has 7 nitrogen and oxygen atoms in total. The highest BCUT2D eigenvalue weighted by molar-refractivity contribution is 6.42. The van der Waals surface area contributed by atoms with Crippen LogP contribution in [-0.4, -0.2) is 47.6 Å². The molecule has 0 spiro atoms. The number of piperidine rings is 1. The number of hydrogen-bond acceptors (Lipinski definition) is 5. The molecule has 2 heterocycles. The molecule has 3 N–H and O–H groups in total. The van der Waals surface area contributed by atoms with Crippen LogP contribution < -0.4 is 16.0 Å². The van der Waals surface area contributed by atoms with Gasteiger partial charge in [-0.3, -0.25) is 5.32 Å². The number of halogens is 2. The molecule has 0 aliphatic carbocycles. The first-order valence-electron chi connectivity index (χ1n) is 9.20. The lowest BCUT2D eigenvalue weighted by Crippen LogP contribution is -2.35. The number of anilines is 3. The van der Waals surface area contributed by atoms with E-state index in [1.165, 1.54) is 12.8 Å². The van der Waals surface area contributed by atoms with Crippen molar-refractivity contribution >= 4 is 46.7 Å². The Labute approximate surface area is 174 Å². The van der Waals surface area contributed by atoms with E-state index in [0.717, 1.165) is 25.3 Å². The van der Waals surface area contributed by atoms with Gasteiger partial charge in [-0.05, 0) is 57.5 Å². The summed E-state index contributed by atoms with van der Waals surface area (Å²) in [6, 6.07) is 6.28. The summed E-state index contributed by atoms with van der Waals surface area (Å²) in [7, 11) is 2.15. The van der Waals surface area contributed by atoms with Gasteiger partial charge in [0.1, 0.15) is 5.82 Å². The molecule has 1 fully saturated rings. The maximum absolute atomic E-state index is 12.2. The third kappa shape index (κ3) is 5.95. The van der Waals surface area contributed by atoms with E-state index in [4.69, 9.17) is 23.2 Å². The van der Waals surface area contributed by atoms with Gasteiger partial charge in [0.2, 0.25) is 5.95 Å². The van der Waals surface area contributed by atoms with Crippen LogP contribution in [-0.2, 0) is 0 Å². The molecule has 0 bridgehead atoms. The Morgan fingerprint density at radius 3 is 2.79 bits per heavy atom. The van der Waals surface area contributed by atoms with Gasteiger partial charge in [0, 0.05) is 30.5 Å². The molecule has 9 heteroatoms. The lowest BCUT2D eigenvalue weighted by molar-refractivity contribution is 0.217. The van der Waals surface area contributed by atoms with Crippen LogP contribution in [0.3, 0.4) is 0 Å². The Hall–Kier alpha value is -2.09. The van der Waals surface area contributed by atoms with E-state index >= 15 is 0 Å². The van der Waals surface area contributed by atoms with Gasteiger partial charge in [-0.15, -0.1) is 0 Å². The summed E-state index contributed by atoms with van der Waals surface area (Å²) in [5, 5.41) is 9.50. The normalized spacial score (nSPS) is 17.2. The van der Waals surface area contributed by atoms with Crippen molar-refractivity contribution < 1.29 is 4.79 Å². The second-order valence-electron chi connectivity index (χ2n) is 7.08. The lowest BCUT2D eigenvalue weighted by Gasteiger charge is -2.29. The highest BCUT2D eigenvalue weighted by Crippen LogP contribution is 2.25. The van der Waals surface area contributed by atoms with Crippen molar-refractivity contribution in [2.24, 2.45) is 5.92 Å². The fourth-order valence-corrected chi connectivity index (χ4v) is 3.54. The highest BCUT2D eigenvalue weighted by atomic mass is 35.5. The molecule has 1 unspecified atom stereocenters. The average molecular weight is 423 g/mol. The van der Waals surface area contributed by atoms with Crippen molar-refractivity contribution in [1.29, 1.82) is 0 Å². The lowest BCUT2D eigenvalue weighted by atomic mass is 9.98. The van der Waals surface area contributed by atoms with Crippen molar-refractivity contribution in [1.82, 2.24) is 14.9 Å². The molecular weight excluding hydrogens is 399 g/mol. The molecule has 2 amide bonds. The molecule has 28 heavy (non-hydrogen) atoms. The van der Waals surface area contributed by atoms with Crippen LogP contribution in [0, 0.1) is 12.8 Å². The van der Waals surface area contributed by atoms with Gasteiger partial charge < -0.3 is 15.5 Å². The third-order valence-corrected chi connectivity index (χ3v) is 5.29. The molecule has 1 aromatic heterocycles. The van der Waals surface area contributed by atoms with Gasteiger partial charge >= 0.3 is 6.03 Å². The second-order valence-corrected chi connectivity index (χ2v) is 7.89. The van der Waals surface area contributed by atoms with Crippen LogP contribution in [0.2, 0.25) is 10.0 Å². The number of amides is 2. The SMILES string of the molecule is Cc1cc(NCC2CCCN(C)C2)nc(NC(=O)Nc2ccc(Cl)c(Cl)c2)n1. The topological polar surface area (TPSA) is 82.2 Å². The number of aryl methyl sites for hydroxylation is 1. The predicted octanol–water partition coefficient (Wildman–Crippen LogP) is 4.49. The van der Waals surface area contributed by atoms with E-state index in [2.05, 4.69) is 37.9 Å². The molecule has 1 aliphatic rings. The van der Waals surface area contributed by atoms with E-state index in [1.807, 2.05) is 13.0 Å². The van der Waals surface area contributed by atoms with Crippen molar-refractivity contribution in [2.45, 2.75) is 19.8 Å². The fourth-order valence-electron chi connectivity index (χ4n) is 3.24. The molecule has 1 saturated heterocycles. The van der Waals surface area contributed by atoms with Crippen molar-refractivity contribution in [3.05, 3.63) is 40.0 Å². The van der Waals surface area contributed by atoms with Crippen molar-refractivity contribution in [3.63, 3.8) is 0 Å². The fraction of sp³-hybridized carbons (Fsp3) is 0.421. The summed E-state index contributed by atoms with van der Waals surface area (Å²) in [5.41, 5.74) is 1.29. The molecule has 0 saturated carbocycles. The first kappa shape index (κ1) is 20.6. The minimum atomic E-state index is -0.455. The minimum Gasteiger partial charge on any atom is -0.370 e. The van der Waals surface area contributed by atoms with Gasteiger partial charge in [-0.2, -0.15) is 4.98 Å². The number of benzene rings is 1. The quantitative estimate of drug-likeness (QED) is 0.660. The first-order valence-corrected chi connectivity index (χ1v) is 9.96. The molecule has 1 atom stereocenters. The van der Waals surface area contributed by atoms with E-state index in [0.29, 0.717) is 27.5 Å². The monoisotopic (exact) mass is 422 g/mol. The number of urea groups is 1. The molecule has 0 radical (unpaired) electrons. The Kier molecular flexibility index (Phi) is 6.93. The molecule has 3 rings (SSSR count). The summed E-state index contributed by atoms with van der Waals surface area (Å²) in [6.07, 6.45) is 2.42. The number of hydrogen-bond donors (Lipinski definition) is 3. The molecular formula is C19H24Cl2N6O. The van der Waals surface area contributed by atoms with Crippen LogP contribution in [0.15, 0.2) is 24.3 Å². The first-order chi connectivity index (χ1) is 13.4. The number of carbonyl (C=O) groups is 1. The standard InChI is InChI=1S/C19H24Cl2N6O/c1-12-8-17(22-10-13-4-3-7-27(2)11-13)25-18(23-12)26-19(28)24-14-5-6-15(20)16(21)9-14/h5-6,8-9,13H,3-4,7,10-11H2,1-2H3,(H3,22,23,24,25,26,28). The van der Waals surface area contributed by atoms with Gasteiger partial charge in [0.05, 0.1) is 10.0 Å². The third-order valence-electron chi connectivity index (χ3n) is 4.55. The Balaban J connectivity index is 1.59. The zero-order valence-corrected chi connectivity index (χ0v) is 17.4. The summed E-state index contributed by atoms with van der Waals surface area (Å²) in [5.74, 6) is 1.52. The van der Waals surface area contributed by atoms with Crippen molar-refractivity contribution in [2.75, 3.05) is 42.6 Å². The Morgan fingerprint density at radius 2 is 2.04 bits per heavy atom. The van der Waals surface area contributed by atoms with Gasteiger partial charge in [-0.1, -0.05) is 23.2 Å². The number of aromatic nitrogens is 2. The van der Waals surface area contributed by atoms with Crippen LogP contribution in [0.4, 0.5) is 22.2 Å². The number of nitrogens with one attached hydrogen (secondary N) is 3. The number of carbonyl (C=O) groups excluding carboxylic acids is 1. The number of nitrogens with zero attached hydrogens (tertiary/aromatic N) is 3. The van der Waals surface area contributed by atoms with E-state index < -0.39 is 6.03 Å². The van der Waals surface area contributed by atoms with Crippen LogP contribution in [0.25, 0.3) is 0 Å². The Bertz CT molecular complexity index is 847. The average Bonchev–Trinajstić information content (AvgIpc) is 2.63. The zero-order valence-electron chi connectivity index (χ0n) is 15.9. The Morgan fingerprint density at radius 1 is 1.21 bits per heavy atom. The van der Waals surface area contributed by atoms with Gasteiger partial charge in [0.15, 0.2) is 0 Å². The zero-order chi connectivity index (χ0) is 20.1. The minimum absolute atomic E-state index is 0.237. The number of likely N-dealkylation sites (tertiary alicyclic amines) is 1. The summed E-state index contributed by atoms with van der Waals surface area (Å²) < 4.78 is 0. The summed E-state index contributed by atoms with van der Waals surface area (Å²) in [4.78, 5) is 23.3. The predicted molar refractivity (Wildman–Crippen MR) is 115 cm³/mol. The van der Waals surface area contributed by atoms with Crippen LogP contribution in [0.5, 0.6) is 0 Å². The highest BCUT2D eigenvalue weighted by Gasteiger charge is 2.17. The van der Waals surface area contributed by atoms with Crippen molar-refractivity contribution in [3.8, 4) is 0 Å². The second kappa shape index (κ2) is 9.41.